The van der Waals surface area contributed by atoms with Crippen molar-refractivity contribution in [3.63, 3.8) is 0 Å². The topological polar surface area (TPSA) is 63.8 Å². The summed E-state index contributed by atoms with van der Waals surface area (Å²) in [6.45, 7) is 2.49. The Balaban J connectivity index is 1.60. The van der Waals surface area contributed by atoms with Crippen LogP contribution in [0.15, 0.2) is 74.7 Å². The average Bonchev–Trinajstić information content (AvgIpc) is 3.12. The molecule has 3 aromatic rings. The molecule has 0 aliphatic heterocycles. The fourth-order valence-electron chi connectivity index (χ4n) is 2.28. The maximum atomic E-state index is 12.1. The van der Waals surface area contributed by atoms with Crippen molar-refractivity contribution in [1.82, 2.24) is 5.43 Å². The van der Waals surface area contributed by atoms with Gasteiger partial charge >= 0.3 is 0 Å². The van der Waals surface area contributed by atoms with Gasteiger partial charge in [0.1, 0.15) is 17.3 Å². The summed E-state index contributed by atoms with van der Waals surface area (Å²) >= 11 is 3.40. The van der Waals surface area contributed by atoms with Crippen LogP contribution >= 0.6 is 15.9 Å². The summed E-state index contributed by atoms with van der Waals surface area (Å²) < 4.78 is 12.1. The molecule has 3 rings (SSSR count). The van der Waals surface area contributed by atoms with Crippen LogP contribution in [0.5, 0.6) is 5.75 Å². The van der Waals surface area contributed by atoms with Gasteiger partial charge in [-0.25, -0.2) is 5.43 Å². The molecular formula is C20H17BrN2O3. The number of carbonyl (C=O) groups excluding carboxylic acids is 1. The number of benzene rings is 2. The first kappa shape index (κ1) is 17.9. The maximum Gasteiger partial charge on any atom is 0.271 e. The van der Waals surface area contributed by atoms with Crippen LogP contribution in [0.25, 0.3) is 11.3 Å². The largest absolute Gasteiger partial charge is 0.494 e. The average molecular weight is 413 g/mol. The number of carbonyl (C=O) groups is 1. The van der Waals surface area contributed by atoms with Crippen molar-refractivity contribution in [2.75, 3.05) is 6.61 Å². The monoisotopic (exact) mass is 412 g/mol. The lowest BCUT2D eigenvalue weighted by atomic mass is 10.2. The smallest absolute Gasteiger partial charge is 0.271 e. The minimum Gasteiger partial charge on any atom is -0.494 e. The van der Waals surface area contributed by atoms with Gasteiger partial charge in [0.25, 0.3) is 5.91 Å². The van der Waals surface area contributed by atoms with E-state index < -0.39 is 0 Å². The number of nitrogens with zero attached hydrogens (tertiary/aromatic N) is 1. The lowest BCUT2D eigenvalue weighted by Gasteiger charge is -2.03. The molecule has 0 bridgehead atoms. The second kappa shape index (κ2) is 8.49. The Kier molecular flexibility index (Phi) is 5.86. The molecule has 0 atom stereocenters. The number of halogens is 1. The van der Waals surface area contributed by atoms with Crippen molar-refractivity contribution in [2.45, 2.75) is 6.92 Å². The second-order valence-electron chi connectivity index (χ2n) is 5.37. The molecule has 2 aromatic carbocycles. The number of amides is 1. The van der Waals surface area contributed by atoms with Gasteiger partial charge in [-0.15, -0.1) is 0 Å². The number of rotatable bonds is 6. The molecule has 1 amide bonds. The van der Waals surface area contributed by atoms with E-state index >= 15 is 0 Å². The lowest BCUT2D eigenvalue weighted by molar-refractivity contribution is 0.0955. The maximum absolute atomic E-state index is 12.1. The van der Waals surface area contributed by atoms with Crippen LogP contribution < -0.4 is 10.2 Å². The first-order valence-corrected chi connectivity index (χ1v) is 8.87. The van der Waals surface area contributed by atoms with Gasteiger partial charge in [0.2, 0.25) is 0 Å². The Bertz CT molecular complexity index is 900. The predicted molar refractivity (Wildman–Crippen MR) is 105 cm³/mol. The third-order valence-corrected chi connectivity index (χ3v) is 4.07. The van der Waals surface area contributed by atoms with E-state index in [1.54, 1.807) is 30.3 Å². The van der Waals surface area contributed by atoms with E-state index in [2.05, 4.69) is 26.5 Å². The number of nitrogens with one attached hydrogen (secondary N) is 1. The summed E-state index contributed by atoms with van der Waals surface area (Å²) in [5.74, 6) is 1.71. The van der Waals surface area contributed by atoms with Gasteiger partial charge in [-0.1, -0.05) is 28.1 Å². The first-order chi connectivity index (χ1) is 12.7. The summed E-state index contributed by atoms with van der Waals surface area (Å²) in [4.78, 5) is 12.1. The van der Waals surface area contributed by atoms with Gasteiger partial charge in [0.15, 0.2) is 0 Å². The van der Waals surface area contributed by atoms with E-state index in [1.807, 2.05) is 37.3 Å². The molecule has 5 nitrogen and oxygen atoms in total. The quantitative estimate of drug-likeness (QED) is 0.463. The molecule has 0 aliphatic carbocycles. The minimum absolute atomic E-state index is 0.302. The Hall–Kier alpha value is -2.86. The number of hydrazone groups is 1. The van der Waals surface area contributed by atoms with Gasteiger partial charge in [0, 0.05) is 15.6 Å². The standard InChI is InChI=1S/C20H17BrN2O3/c1-2-25-17-9-5-15(6-10-17)20(24)23-22-13-18-11-12-19(26-18)14-3-7-16(21)8-4-14/h3-13H,2H2,1H3,(H,23,24)/b22-13+. The normalized spacial score (nSPS) is 10.8. The van der Waals surface area contributed by atoms with Gasteiger partial charge in [0.05, 0.1) is 12.8 Å². The Morgan fingerprint density at radius 3 is 2.54 bits per heavy atom. The van der Waals surface area contributed by atoms with Crippen molar-refractivity contribution >= 4 is 28.1 Å². The third-order valence-electron chi connectivity index (χ3n) is 3.54. The summed E-state index contributed by atoms with van der Waals surface area (Å²) in [5.41, 5.74) is 3.94. The highest BCUT2D eigenvalue weighted by Gasteiger charge is 2.05. The molecule has 1 N–H and O–H groups in total. The molecule has 1 aromatic heterocycles. The third kappa shape index (κ3) is 4.61. The Labute approximate surface area is 159 Å². The Morgan fingerprint density at radius 1 is 1.12 bits per heavy atom. The number of hydrogen-bond acceptors (Lipinski definition) is 4. The highest BCUT2D eigenvalue weighted by atomic mass is 79.9. The molecular weight excluding hydrogens is 396 g/mol. The number of ether oxygens (including phenoxy) is 1. The van der Waals surface area contributed by atoms with Crippen LogP contribution in [-0.2, 0) is 0 Å². The highest BCUT2D eigenvalue weighted by Crippen LogP contribution is 2.23. The van der Waals surface area contributed by atoms with Crippen LogP contribution in [0.3, 0.4) is 0 Å². The summed E-state index contributed by atoms with van der Waals surface area (Å²) in [6.07, 6.45) is 1.47. The van der Waals surface area contributed by atoms with E-state index in [1.165, 1.54) is 6.21 Å². The molecule has 0 aliphatic rings. The number of hydrogen-bond donors (Lipinski definition) is 1. The van der Waals surface area contributed by atoms with E-state index in [9.17, 15) is 4.79 Å². The first-order valence-electron chi connectivity index (χ1n) is 8.08. The molecule has 0 saturated carbocycles. The van der Waals surface area contributed by atoms with Crippen LogP contribution in [0, 0.1) is 0 Å². The van der Waals surface area contributed by atoms with Crippen LogP contribution in [0.2, 0.25) is 0 Å². The van der Waals surface area contributed by atoms with Crippen LogP contribution in [0.1, 0.15) is 23.0 Å². The zero-order valence-corrected chi connectivity index (χ0v) is 15.7. The van der Waals surface area contributed by atoms with Crippen molar-refractivity contribution in [3.8, 4) is 17.1 Å². The lowest BCUT2D eigenvalue weighted by Crippen LogP contribution is -2.17. The Morgan fingerprint density at radius 2 is 1.85 bits per heavy atom. The highest BCUT2D eigenvalue weighted by molar-refractivity contribution is 9.10. The molecule has 0 radical (unpaired) electrons. The van der Waals surface area contributed by atoms with Crippen LogP contribution in [-0.4, -0.2) is 18.7 Å². The number of furan rings is 1. The van der Waals surface area contributed by atoms with Crippen molar-refractivity contribution < 1.29 is 13.9 Å². The van der Waals surface area contributed by atoms with Gasteiger partial charge < -0.3 is 9.15 Å². The molecule has 0 spiro atoms. The predicted octanol–water partition coefficient (Wildman–Crippen LogP) is 4.87. The fourth-order valence-corrected chi connectivity index (χ4v) is 2.54. The molecule has 0 saturated heterocycles. The molecule has 6 heteroatoms. The second-order valence-corrected chi connectivity index (χ2v) is 6.28. The van der Waals surface area contributed by atoms with Crippen molar-refractivity contribution in [3.05, 3.63) is 76.5 Å². The van der Waals surface area contributed by atoms with Crippen LogP contribution in [0.4, 0.5) is 0 Å². The molecule has 1 heterocycles. The molecule has 0 unspecified atom stereocenters. The summed E-state index contributed by atoms with van der Waals surface area (Å²) in [5, 5.41) is 3.94. The fraction of sp³-hybridized carbons (Fsp3) is 0.100. The van der Waals surface area contributed by atoms with E-state index in [4.69, 9.17) is 9.15 Å². The van der Waals surface area contributed by atoms with Crippen molar-refractivity contribution in [2.24, 2.45) is 5.10 Å². The molecule has 26 heavy (non-hydrogen) atoms. The minimum atomic E-state index is -0.302. The summed E-state index contributed by atoms with van der Waals surface area (Å²) in [6, 6.07) is 18.3. The van der Waals surface area contributed by atoms with E-state index in [0.717, 1.165) is 21.5 Å². The zero-order valence-electron chi connectivity index (χ0n) is 14.1. The molecule has 132 valence electrons. The van der Waals surface area contributed by atoms with Gasteiger partial charge in [-0.3, -0.25) is 4.79 Å². The SMILES string of the molecule is CCOc1ccc(C(=O)N/N=C/c2ccc(-c3ccc(Br)cc3)o2)cc1. The van der Waals surface area contributed by atoms with Crippen molar-refractivity contribution in [1.29, 1.82) is 0 Å². The summed E-state index contributed by atoms with van der Waals surface area (Å²) in [7, 11) is 0. The zero-order chi connectivity index (χ0) is 18.4. The van der Waals surface area contributed by atoms with E-state index in [-0.39, 0.29) is 5.91 Å². The molecule has 0 fully saturated rings. The van der Waals surface area contributed by atoms with Gasteiger partial charge in [-0.05, 0) is 55.5 Å². The van der Waals surface area contributed by atoms with Gasteiger partial charge in [-0.2, -0.15) is 5.10 Å². The van der Waals surface area contributed by atoms with E-state index in [0.29, 0.717) is 17.9 Å².